The molecule has 4 nitrogen and oxygen atoms in total. The molecule has 2 rings (SSSR count). The Hall–Kier alpha value is -1.40. The molecule has 1 aromatic carbocycles. The summed E-state index contributed by atoms with van der Waals surface area (Å²) in [6.45, 7) is 0.323. The first-order valence-corrected chi connectivity index (χ1v) is 6.16. The lowest BCUT2D eigenvalue weighted by Gasteiger charge is -2.08. The van der Waals surface area contributed by atoms with Crippen molar-refractivity contribution in [2.45, 2.75) is 6.54 Å². The van der Waals surface area contributed by atoms with Crippen molar-refractivity contribution in [3.8, 4) is 0 Å². The third-order valence-corrected chi connectivity index (χ3v) is 3.42. The maximum absolute atomic E-state index is 13.1. The van der Waals surface area contributed by atoms with Crippen LogP contribution in [0, 0.1) is 5.82 Å². The van der Waals surface area contributed by atoms with Crippen LogP contribution >= 0.6 is 27.5 Å². The maximum atomic E-state index is 13.1. The Morgan fingerprint density at radius 1 is 1.50 bits per heavy atom. The molecule has 0 spiro atoms. The number of anilines is 1. The van der Waals surface area contributed by atoms with Crippen LogP contribution in [0.25, 0.3) is 0 Å². The topological polar surface area (TPSA) is 57.8 Å². The number of rotatable bonds is 3. The van der Waals surface area contributed by atoms with Gasteiger partial charge in [0.05, 0.1) is 11.9 Å². The molecular formula is C11H8BrClFN3O. The summed E-state index contributed by atoms with van der Waals surface area (Å²) in [4.78, 5) is 11.2. The molecule has 7 heteroatoms. The molecule has 0 amide bonds. The molecule has 94 valence electrons. The van der Waals surface area contributed by atoms with Gasteiger partial charge in [-0.05, 0) is 23.8 Å². The number of benzene rings is 1. The molecule has 0 saturated heterocycles. The molecule has 0 unspecified atom stereocenters. The highest BCUT2D eigenvalue weighted by Crippen LogP contribution is 2.21. The Balaban J connectivity index is 2.19. The number of hydrogen-bond donors (Lipinski definition) is 2. The van der Waals surface area contributed by atoms with Crippen LogP contribution in [0.15, 0.2) is 33.7 Å². The smallest absolute Gasteiger partial charge is 0.285 e. The van der Waals surface area contributed by atoms with Crippen LogP contribution in [-0.4, -0.2) is 10.2 Å². The molecule has 18 heavy (non-hydrogen) atoms. The van der Waals surface area contributed by atoms with Gasteiger partial charge in [0.25, 0.3) is 5.56 Å². The summed E-state index contributed by atoms with van der Waals surface area (Å²) in [5, 5.41) is 8.79. The van der Waals surface area contributed by atoms with Crippen LogP contribution in [0.1, 0.15) is 5.56 Å². The van der Waals surface area contributed by atoms with E-state index in [1.165, 1.54) is 18.3 Å². The number of nitrogens with one attached hydrogen (secondary N) is 2. The molecule has 2 N–H and O–H groups in total. The van der Waals surface area contributed by atoms with E-state index in [2.05, 4.69) is 31.4 Å². The van der Waals surface area contributed by atoms with Crippen LogP contribution in [0.3, 0.4) is 0 Å². The van der Waals surface area contributed by atoms with E-state index in [-0.39, 0.29) is 10.8 Å². The molecule has 0 aliphatic heterocycles. The predicted octanol–water partition coefficient (Wildman–Crippen LogP) is 2.94. The molecule has 0 saturated carbocycles. The van der Waals surface area contributed by atoms with E-state index in [4.69, 9.17) is 11.6 Å². The number of aromatic nitrogens is 2. The van der Waals surface area contributed by atoms with E-state index in [0.717, 1.165) is 4.47 Å². The lowest BCUT2D eigenvalue weighted by atomic mass is 10.2. The zero-order chi connectivity index (χ0) is 13.1. The third-order valence-electron chi connectivity index (χ3n) is 2.27. The molecule has 0 radical (unpaired) electrons. The van der Waals surface area contributed by atoms with Crippen molar-refractivity contribution in [3.63, 3.8) is 0 Å². The fourth-order valence-electron chi connectivity index (χ4n) is 1.38. The predicted molar refractivity (Wildman–Crippen MR) is 71.3 cm³/mol. The van der Waals surface area contributed by atoms with E-state index < -0.39 is 5.56 Å². The van der Waals surface area contributed by atoms with Gasteiger partial charge in [-0.15, -0.1) is 0 Å². The summed E-state index contributed by atoms with van der Waals surface area (Å²) in [6, 6.07) is 4.37. The second kappa shape index (κ2) is 5.49. The second-order valence-corrected chi connectivity index (χ2v) is 4.75. The van der Waals surface area contributed by atoms with E-state index in [1.807, 2.05) is 0 Å². The highest BCUT2D eigenvalue weighted by Gasteiger charge is 2.06. The maximum Gasteiger partial charge on any atom is 0.285 e. The standard InChI is InChI=1S/C11H8BrClFN3O/c12-8-2-1-7(14)3-6(8)4-15-9-5-16-17-11(18)10(9)13/h1-3,5H,4H2,(H2,15,17,18). The van der Waals surface area contributed by atoms with Crippen LogP contribution in [0.4, 0.5) is 10.1 Å². The zero-order valence-electron chi connectivity index (χ0n) is 9.01. The van der Waals surface area contributed by atoms with Gasteiger partial charge in [-0.1, -0.05) is 27.5 Å². The van der Waals surface area contributed by atoms with E-state index >= 15 is 0 Å². The summed E-state index contributed by atoms with van der Waals surface area (Å²) in [7, 11) is 0. The number of aromatic amines is 1. The van der Waals surface area contributed by atoms with Crippen LogP contribution in [0.5, 0.6) is 0 Å². The monoisotopic (exact) mass is 331 g/mol. The normalized spacial score (nSPS) is 10.4. The summed E-state index contributed by atoms with van der Waals surface area (Å²) < 4.78 is 13.8. The third kappa shape index (κ3) is 2.88. The minimum Gasteiger partial charge on any atom is -0.378 e. The highest BCUT2D eigenvalue weighted by molar-refractivity contribution is 9.10. The van der Waals surface area contributed by atoms with Gasteiger partial charge in [0, 0.05) is 11.0 Å². The SMILES string of the molecule is O=c1[nH]ncc(NCc2cc(F)ccc2Br)c1Cl. The summed E-state index contributed by atoms with van der Waals surface area (Å²) in [6.07, 6.45) is 1.40. The molecule has 0 aliphatic rings. The van der Waals surface area contributed by atoms with E-state index in [0.29, 0.717) is 17.8 Å². The first kappa shape index (κ1) is 13.0. The van der Waals surface area contributed by atoms with Crippen LogP contribution < -0.4 is 10.9 Å². The summed E-state index contributed by atoms with van der Waals surface area (Å²) in [5.41, 5.74) is 0.642. The molecule has 1 heterocycles. The van der Waals surface area contributed by atoms with Gasteiger partial charge in [-0.25, -0.2) is 9.49 Å². The minimum atomic E-state index is -0.472. The van der Waals surface area contributed by atoms with Crippen molar-refractivity contribution in [3.05, 3.63) is 55.6 Å². The molecule has 2 aromatic rings. The first-order valence-electron chi connectivity index (χ1n) is 4.99. The van der Waals surface area contributed by atoms with Crippen molar-refractivity contribution >= 4 is 33.2 Å². The Kier molecular flexibility index (Phi) is 3.98. The van der Waals surface area contributed by atoms with Crippen molar-refractivity contribution in [2.24, 2.45) is 0 Å². The largest absolute Gasteiger partial charge is 0.378 e. The van der Waals surface area contributed by atoms with Gasteiger partial charge in [-0.3, -0.25) is 4.79 Å². The Morgan fingerprint density at radius 2 is 2.28 bits per heavy atom. The van der Waals surface area contributed by atoms with Crippen molar-refractivity contribution in [1.29, 1.82) is 0 Å². The van der Waals surface area contributed by atoms with Gasteiger partial charge >= 0.3 is 0 Å². The quantitative estimate of drug-likeness (QED) is 0.908. The second-order valence-electron chi connectivity index (χ2n) is 3.52. The fraction of sp³-hybridized carbons (Fsp3) is 0.0909. The highest BCUT2D eigenvalue weighted by atomic mass is 79.9. The fourth-order valence-corrected chi connectivity index (χ4v) is 1.92. The minimum absolute atomic E-state index is 0.0255. The van der Waals surface area contributed by atoms with E-state index in [1.54, 1.807) is 6.07 Å². The van der Waals surface area contributed by atoms with Crippen molar-refractivity contribution < 1.29 is 4.39 Å². The van der Waals surface area contributed by atoms with Crippen LogP contribution in [0.2, 0.25) is 5.02 Å². The van der Waals surface area contributed by atoms with Gasteiger partial charge in [-0.2, -0.15) is 5.10 Å². The molecule has 0 atom stereocenters. The molecular weight excluding hydrogens is 324 g/mol. The number of H-pyrrole nitrogens is 1. The average molecular weight is 333 g/mol. The lowest BCUT2D eigenvalue weighted by Crippen LogP contribution is -2.12. The van der Waals surface area contributed by atoms with Gasteiger partial charge < -0.3 is 5.32 Å². The molecule has 1 aromatic heterocycles. The zero-order valence-corrected chi connectivity index (χ0v) is 11.3. The number of hydrogen-bond acceptors (Lipinski definition) is 3. The molecule has 0 bridgehead atoms. The van der Waals surface area contributed by atoms with Crippen LogP contribution in [-0.2, 0) is 6.54 Å². The van der Waals surface area contributed by atoms with Crippen molar-refractivity contribution in [2.75, 3.05) is 5.32 Å². The Bertz CT molecular complexity index is 632. The molecule has 0 aliphatic carbocycles. The van der Waals surface area contributed by atoms with Gasteiger partial charge in [0.1, 0.15) is 10.8 Å². The summed E-state index contributed by atoms with van der Waals surface area (Å²) >= 11 is 9.11. The first-order chi connectivity index (χ1) is 8.58. The van der Waals surface area contributed by atoms with Crippen molar-refractivity contribution in [1.82, 2.24) is 10.2 Å². The molecule has 0 fully saturated rings. The number of halogens is 3. The summed E-state index contributed by atoms with van der Waals surface area (Å²) in [5.74, 6) is -0.329. The van der Waals surface area contributed by atoms with Gasteiger partial charge in [0.15, 0.2) is 0 Å². The number of nitrogens with zero attached hydrogens (tertiary/aromatic N) is 1. The lowest BCUT2D eigenvalue weighted by molar-refractivity contribution is 0.625. The van der Waals surface area contributed by atoms with Gasteiger partial charge in [0.2, 0.25) is 0 Å². The Morgan fingerprint density at radius 3 is 3.06 bits per heavy atom. The Labute approximate surface area is 115 Å². The van der Waals surface area contributed by atoms with E-state index in [9.17, 15) is 9.18 Å². The average Bonchev–Trinajstić information content (AvgIpc) is 2.35.